The van der Waals surface area contributed by atoms with Crippen LogP contribution in [0.3, 0.4) is 0 Å². The molecule has 7 nitrogen and oxygen atoms in total. The number of hydrogen-bond acceptors (Lipinski definition) is 5. The normalized spacial score (nSPS) is 14.8. The van der Waals surface area contributed by atoms with Gasteiger partial charge in [-0.05, 0) is 31.5 Å². The van der Waals surface area contributed by atoms with Crippen molar-refractivity contribution in [2.45, 2.75) is 13.8 Å². The summed E-state index contributed by atoms with van der Waals surface area (Å²) >= 11 is 0. The van der Waals surface area contributed by atoms with Crippen molar-refractivity contribution >= 4 is 11.8 Å². The Morgan fingerprint density at radius 3 is 2.21 bits per heavy atom. The second-order valence-corrected chi connectivity index (χ2v) is 5.74. The zero-order chi connectivity index (χ0) is 17.3. The van der Waals surface area contributed by atoms with Crippen molar-refractivity contribution < 1.29 is 18.4 Å². The summed E-state index contributed by atoms with van der Waals surface area (Å²) in [4.78, 5) is 39.6. The molecule has 0 bridgehead atoms. The molecule has 1 aliphatic rings. The molecule has 126 valence electrons. The molecule has 0 N–H and O–H groups in total. The smallest absolute Gasteiger partial charge is 0.336 e. The van der Waals surface area contributed by atoms with Gasteiger partial charge in [0, 0.05) is 32.2 Å². The van der Waals surface area contributed by atoms with Crippen LogP contribution < -0.4 is 5.63 Å². The Morgan fingerprint density at radius 1 is 1.04 bits per heavy atom. The van der Waals surface area contributed by atoms with Crippen LogP contribution in [0.15, 0.2) is 38.1 Å². The third kappa shape index (κ3) is 2.97. The van der Waals surface area contributed by atoms with E-state index in [-0.39, 0.29) is 11.8 Å². The van der Waals surface area contributed by atoms with Gasteiger partial charge in [0.15, 0.2) is 5.76 Å². The highest BCUT2D eigenvalue weighted by atomic mass is 16.4. The van der Waals surface area contributed by atoms with Crippen molar-refractivity contribution in [3.63, 3.8) is 0 Å². The minimum absolute atomic E-state index is 0.176. The first-order chi connectivity index (χ1) is 11.5. The fourth-order valence-corrected chi connectivity index (χ4v) is 2.90. The van der Waals surface area contributed by atoms with E-state index in [1.54, 1.807) is 35.8 Å². The van der Waals surface area contributed by atoms with Gasteiger partial charge in [-0.25, -0.2) is 4.79 Å². The van der Waals surface area contributed by atoms with Crippen LogP contribution >= 0.6 is 0 Å². The second kappa shape index (κ2) is 6.35. The summed E-state index contributed by atoms with van der Waals surface area (Å²) < 4.78 is 10.2. The molecular weight excluding hydrogens is 312 g/mol. The van der Waals surface area contributed by atoms with Gasteiger partial charge in [-0.1, -0.05) is 0 Å². The lowest BCUT2D eigenvalue weighted by atomic mass is 10.1. The monoisotopic (exact) mass is 330 g/mol. The Balaban J connectivity index is 1.70. The van der Waals surface area contributed by atoms with Gasteiger partial charge in [-0.2, -0.15) is 0 Å². The molecular formula is C17H18N2O5. The predicted molar refractivity (Wildman–Crippen MR) is 85.0 cm³/mol. The molecule has 3 heterocycles. The van der Waals surface area contributed by atoms with E-state index >= 15 is 0 Å². The molecule has 0 spiro atoms. The molecule has 1 saturated heterocycles. The van der Waals surface area contributed by atoms with Crippen molar-refractivity contribution in [2.24, 2.45) is 0 Å². The molecule has 2 aromatic heterocycles. The van der Waals surface area contributed by atoms with E-state index < -0.39 is 5.63 Å². The zero-order valence-corrected chi connectivity index (χ0v) is 13.6. The fourth-order valence-electron chi connectivity index (χ4n) is 2.90. The molecule has 1 aliphatic heterocycles. The fraction of sp³-hybridized carbons (Fsp3) is 0.353. The van der Waals surface area contributed by atoms with Gasteiger partial charge < -0.3 is 18.6 Å². The van der Waals surface area contributed by atoms with Gasteiger partial charge in [0.05, 0.1) is 11.8 Å². The number of furan rings is 1. The number of aryl methyl sites for hydroxylation is 2. The minimum Gasteiger partial charge on any atom is -0.459 e. The first-order valence-corrected chi connectivity index (χ1v) is 7.71. The number of carbonyl (C=O) groups excluding carboxylic acids is 2. The molecule has 2 amide bonds. The van der Waals surface area contributed by atoms with E-state index in [0.717, 1.165) is 0 Å². The van der Waals surface area contributed by atoms with Gasteiger partial charge in [0.1, 0.15) is 5.76 Å². The number of carbonyl (C=O) groups is 2. The number of amides is 2. The summed E-state index contributed by atoms with van der Waals surface area (Å²) in [6, 6.07) is 4.61. The Morgan fingerprint density at radius 2 is 1.67 bits per heavy atom. The average Bonchev–Trinajstić information content (AvgIpc) is 3.07. The van der Waals surface area contributed by atoms with Crippen LogP contribution in [-0.2, 0) is 0 Å². The van der Waals surface area contributed by atoms with Gasteiger partial charge in [0.25, 0.3) is 11.8 Å². The van der Waals surface area contributed by atoms with Crippen molar-refractivity contribution in [3.8, 4) is 0 Å². The Labute approximate surface area is 138 Å². The highest BCUT2D eigenvalue weighted by molar-refractivity contribution is 5.97. The van der Waals surface area contributed by atoms with Crippen LogP contribution in [0.2, 0.25) is 0 Å². The van der Waals surface area contributed by atoms with Crippen LogP contribution in [-0.4, -0.2) is 47.8 Å². The van der Waals surface area contributed by atoms with Gasteiger partial charge in [-0.3, -0.25) is 9.59 Å². The molecule has 3 rings (SSSR count). The number of hydrogen-bond donors (Lipinski definition) is 0. The third-order valence-electron chi connectivity index (χ3n) is 4.13. The highest BCUT2D eigenvalue weighted by Gasteiger charge is 2.28. The molecule has 1 fully saturated rings. The van der Waals surface area contributed by atoms with E-state index in [1.807, 2.05) is 0 Å². The molecule has 0 atom stereocenters. The highest BCUT2D eigenvalue weighted by Crippen LogP contribution is 2.16. The molecule has 0 saturated carbocycles. The maximum atomic E-state index is 12.7. The zero-order valence-electron chi connectivity index (χ0n) is 13.6. The molecule has 2 aromatic rings. The van der Waals surface area contributed by atoms with Crippen LogP contribution in [0.1, 0.15) is 32.2 Å². The summed E-state index contributed by atoms with van der Waals surface area (Å²) in [6.45, 7) is 5.03. The largest absolute Gasteiger partial charge is 0.459 e. The van der Waals surface area contributed by atoms with Crippen molar-refractivity contribution in [1.29, 1.82) is 0 Å². The number of piperazine rings is 1. The topological polar surface area (TPSA) is 84.0 Å². The number of rotatable bonds is 2. The van der Waals surface area contributed by atoms with Crippen LogP contribution in [0.25, 0.3) is 0 Å². The second-order valence-electron chi connectivity index (χ2n) is 5.74. The third-order valence-corrected chi connectivity index (χ3v) is 4.13. The summed E-state index contributed by atoms with van der Waals surface area (Å²) in [5, 5.41) is 0. The summed E-state index contributed by atoms with van der Waals surface area (Å²) in [7, 11) is 0. The van der Waals surface area contributed by atoms with Gasteiger partial charge >= 0.3 is 5.63 Å². The minimum atomic E-state index is -0.463. The van der Waals surface area contributed by atoms with Crippen molar-refractivity contribution in [1.82, 2.24) is 9.80 Å². The predicted octanol–water partition coefficient (Wildman–Crippen LogP) is 1.45. The summed E-state index contributed by atoms with van der Waals surface area (Å²) in [6.07, 6.45) is 1.46. The molecule has 24 heavy (non-hydrogen) atoms. The number of nitrogens with zero attached hydrogens (tertiary/aromatic N) is 2. The van der Waals surface area contributed by atoms with Crippen LogP contribution in [0.4, 0.5) is 0 Å². The Kier molecular flexibility index (Phi) is 4.24. The van der Waals surface area contributed by atoms with Crippen molar-refractivity contribution in [3.05, 3.63) is 57.5 Å². The SMILES string of the molecule is Cc1cc(=O)oc(C)c1C(=O)N1CCN(C(=O)c2ccco2)CC1. The van der Waals surface area contributed by atoms with E-state index in [1.165, 1.54) is 12.3 Å². The average molecular weight is 330 g/mol. The molecule has 0 radical (unpaired) electrons. The van der Waals surface area contributed by atoms with Gasteiger partial charge in [-0.15, -0.1) is 0 Å². The standard InChI is InChI=1S/C17H18N2O5/c1-11-10-14(20)24-12(2)15(11)17(22)19-7-5-18(6-8-19)16(21)13-4-3-9-23-13/h3-4,9-10H,5-8H2,1-2H3. The quantitative estimate of drug-likeness (QED) is 0.832. The lowest BCUT2D eigenvalue weighted by Crippen LogP contribution is -2.50. The van der Waals surface area contributed by atoms with Gasteiger partial charge in [0.2, 0.25) is 0 Å². The molecule has 7 heteroatoms. The molecule has 0 aromatic carbocycles. The van der Waals surface area contributed by atoms with Crippen LogP contribution in [0.5, 0.6) is 0 Å². The lowest BCUT2D eigenvalue weighted by Gasteiger charge is -2.34. The Bertz CT molecular complexity index is 788. The van der Waals surface area contributed by atoms with E-state index in [9.17, 15) is 14.4 Å². The lowest BCUT2D eigenvalue weighted by molar-refractivity contribution is 0.0515. The maximum absolute atomic E-state index is 12.7. The van der Waals surface area contributed by atoms with Crippen LogP contribution in [0, 0.1) is 13.8 Å². The first kappa shape index (κ1) is 16.0. The summed E-state index contributed by atoms with van der Waals surface area (Å²) in [5.41, 5.74) is 0.554. The molecule has 0 unspecified atom stereocenters. The summed E-state index contributed by atoms with van der Waals surface area (Å²) in [5.74, 6) is 0.259. The maximum Gasteiger partial charge on any atom is 0.336 e. The van der Waals surface area contributed by atoms with E-state index in [2.05, 4.69) is 0 Å². The first-order valence-electron chi connectivity index (χ1n) is 7.71. The van der Waals surface area contributed by atoms with E-state index in [4.69, 9.17) is 8.83 Å². The van der Waals surface area contributed by atoms with Crippen molar-refractivity contribution in [2.75, 3.05) is 26.2 Å². The molecule has 0 aliphatic carbocycles. The Hall–Kier alpha value is -2.83. The van der Waals surface area contributed by atoms with E-state index in [0.29, 0.717) is 48.8 Å².